The van der Waals surface area contributed by atoms with E-state index in [0.717, 1.165) is 0 Å². The summed E-state index contributed by atoms with van der Waals surface area (Å²) in [6.07, 6.45) is 2.22. The number of aryl methyl sites for hydroxylation is 1. The van der Waals surface area contributed by atoms with Gasteiger partial charge >= 0.3 is 0 Å². The average molecular weight is 306 g/mol. The first-order valence-electron chi connectivity index (χ1n) is 6.89. The van der Waals surface area contributed by atoms with Crippen LogP contribution in [0.2, 0.25) is 0 Å². The van der Waals surface area contributed by atoms with Crippen LogP contribution in [0.4, 0.5) is 4.39 Å². The molecule has 0 aliphatic rings. The molecule has 2 atom stereocenters. The molecule has 0 aliphatic carbocycles. The Balaban J connectivity index is 1.98. The number of nitrogens with one attached hydrogen (secondary N) is 2. The fourth-order valence-electron chi connectivity index (χ4n) is 2.19. The van der Waals surface area contributed by atoms with Gasteiger partial charge in [0.1, 0.15) is 11.9 Å². The monoisotopic (exact) mass is 306 g/mol. The molecule has 1 amide bonds. The first kappa shape index (κ1) is 16.1. The summed E-state index contributed by atoms with van der Waals surface area (Å²) in [5.41, 5.74) is 0.869. The van der Waals surface area contributed by atoms with E-state index in [-0.39, 0.29) is 18.0 Å². The third-order valence-electron chi connectivity index (χ3n) is 3.34. The number of halogens is 1. The summed E-state index contributed by atoms with van der Waals surface area (Å²) in [4.78, 5) is 12.2. The molecule has 2 aromatic rings. The van der Waals surface area contributed by atoms with E-state index in [4.69, 9.17) is 0 Å². The van der Waals surface area contributed by atoms with E-state index in [1.54, 1.807) is 43.3 Å². The van der Waals surface area contributed by atoms with Crippen LogP contribution in [0.1, 0.15) is 23.3 Å². The van der Waals surface area contributed by atoms with E-state index >= 15 is 0 Å². The van der Waals surface area contributed by atoms with Gasteiger partial charge in [-0.3, -0.25) is 9.48 Å². The van der Waals surface area contributed by atoms with Crippen molar-refractivity contribution < 1.29 is 14.3 Å². The zero-order chi connectivity index (χ0) is 16.1. The molecule has 7 heteroatoms. The quantitative estimate of drug-likeness (QED) is 0.733. The standard InChI is InChI=1S/C15H19FN4O2/c1-17-14(10-7-19-20(2)9-10)15(22)18-8-13(21)11-5-3-4-6-12(11)16/h3-7,9,13-14,17,21H,8H2,1-2H3,(H,18,22). The van der Waals surface area contributed by atoms with Gasteiger partial charge in [0.05, 0.1) is 12.3 Å². The van der Waals surface area contributed by atoms with Gasteiger partial charge in [-0.05, 0) is 13.1 Å². The van der Waals surface area contributed by atoms with Gasteiger partial charge in [0.2, 0.25) is 5.91 Å². The predicted molar refractivity (Wildman–Crippen MR) is 79.4 cm³/mol. The smallest absolute Gasteiger partial charge is 0.241 e. The van der Waals surface area contributed by atoms with E-state index in [2.05, 4.69) is 15.7 Å². The molecule has 118 valence electrons. The average Bonchev–Trinajstić information content (AvgIpc) is 2.92. The van der Waals surface area contributed by atoms with Crippen molar-refractivity contribution in [2.75, 3.05) is 13.6 Å². The van der Waals surface area contributed by atoms with Crippen LogP contribution in [-0.4, -0.2) is 34.4 Å². The van der Waals surface area contributed by atoms with Gasteiger partial charge in [0.25, 0.3) is 0 Å². The van der Waals surface area contributed by atoms with Gasteiger partial charge in [-0.1, -0.05) is 18.2 Å². The Hall–Kier alpha value is -2.25. The van der Waals surface area contributed by atoms with Crippen LogP contribution in [0.3, 0.4) is 0 Å². The summed E-state index contributed by atoms with van der Waals surface area (Å²) in [7, 11) is 3.42. The number of aliphatic hydroxyl groups is 1. The Bertz CT molecular complexity index is 644. The van der Waals surface area contributed by atoms with Crippen LogP contribution in [0.25, 0.3) is 0 Å². The minimum Gasteiger partial charge on any atom is -0.386 e. The number of nitrogens with zero attached hydrogens (tertiary/aromatic N) is 2. The first-order valence-corrected chi connectivity index (χ1v) is 6.89. The van der Waals surface area contributed by atoms with Crippen molar-refractivity contribution in [1.29, 1.82) is 0 Å². The van der Waals surface area contributed by atoms with Crippen molar-refractivity contribution in [2.24, 2.45) is 7.05 Å². The normalized spacial score (nSPS) is 13.6. The third-order valence-corrected chi connectivity index (χ3v) is 3.34. The molecular formula is C15H19FN4O2. The lowest BCUT2D eigenvalue weighted by molar-refractivity contribution is -0.123. The number of benzene rings is 1. The number of aromatic nitrogens is 2. The highest BCUT2D eigenvalue weighted by Crippen LogP contribution is 2.16. The lowest BCUT2D eigenvalue weighted by Gasteiger charge is -2.17. The number of likely N-dealkylation sites (N-methyl/N-ethyl adjacent to an activating group) is 1. The lowest BCUT2D eigenvalue weighted by Crippen LogP contribution is -2.38. The molecule has 3 N–H and O–H groups in total. The Morgan fingerprint density at radius 2 is 2.18 bits per heavy atom. The number of amides is 1. The number of rotatable bonds is 6. The Morgan fingerprint density at radius 3 is 2.77 bits per heavy atom. The van der Waals surface area contributed by atoms with Crippen LogP contribution in [0, 0.1) is 5.82 Å². The Labute approximate surface area is 128 Å². The summed E-state index contributed by atoms with van der Waals surface area (Å²) in [5.74, 6) is -0.812. The highest BCUT2D eigenvalue weighted by molar-refractivity contribution is 5.83. The summed E-state index contributed by atoms with van der Waals surface area (Å²) in [5, 5.41) is 19.5. The first-order chi connectivity index (χ1) is 10.5. The largest absolute Gasteiger partial charge is 0.386 e. The topological polar surface area (TPSA) is 79.2 Å². The van der Waals surface area contributed by atoms with Crippen LogP contribution in [-0.2, 0) is 11.8 Å². The second-order valence-corrected chi connectivity index (χ2v) is 4.95. The lowest BCUT2D eigenvalue weighted by atomic mass is 10.1. The molecule has 0 aliphatic heterocycles. The predicted octanol–water partition coefficient (Wildman–Crippen LogP) is 0.669. The van der Waals surface area contributed by atoms with Crippen LogP contribution in [0.15, 0.2) is 36.7 Å². The number of hydrogen-bond donors (Lipinski definition) is 3. The molecule has 0 bridgehead atoms. The summed E-state index contributed by atoms with van der Waals surface area (Å²) >= 11 is 0. The molecule has 0 fully saturated rings. The summed E-state index contributed by atoms with van der Waals surface area (Å²) in [6.45, 7) is -0.0712. The summed E-state index contributed by atoms with van der Waals surface area (Å²) < 4.78 is 15.2. The molecule has 1 aromatic heterocycles. The van der Waals surface area contributed by atoms with Gasteiger partial charge in [0.15, 0.2) is 0 Å². The Morgan fingerprint density at radius 1 is 1.45 bits per heavy atom. The van der Waals surface area contributed by atoms with E-state index in [9.17, 15) is 14.3 Å². The van der Waals surface area contributed by atoms with Crippen molar-refractivity contribution in [2.45, 2.75) is 12.1 Å². The fourth-order valence-corrected chi connectivity index (χ4v) is 2.19. The molecule has 0 spiro atoms. The van der Waals surface area contributed by atoms with Gasteiger partial charge < -0.3 is 15.7 Å². The molecule has 2 unspecified atom stereocenters. The van der Waals surface area contributed by atoms with Crippen LogP contribution >= 0.6 is 0 Å². The second-order valence-electron chi connectivity index (χ2n) is 4.95. The minimum atomic E-state index is -1.10. The van der Waals surface area contributed by atoms with Crippen molar-refractivity contribution >= 4 is 5.91 Å². The second kappa shape index (κ2) is 7.15. The maximum absolute atomic E-state index is 13.6. The maximum Gasteiger partial charge on any atom is 0.241 e. The Kier molecular flexibility index (Phi) is 5.24. The zero-order valence-corrected chi connectivity index (χ0v) is 12.5. The van der Waals surface area contributed by atoms with Gasteiger partial charge in [0, 0.05) is 30.9 Å². The SMILES string of the molecule is CNC(C(=O)NCC(O)c1ccccc1F)c1cnn(C)c1. The highest BCUT2D eigenvalue weighted by Gasteiger charge is 2.21. The van der Waals surface area contributed by atoms with Gasteiger partial charge in [-0.2, -0.15) is 5.10 Å². The minimum absolute atomic E-state index is 0.0712. The molecule has 0 saturated carbocycles. The molecule has 6 nitrogen and oxygen atoms in total. The molecule has 1 heterocycles. The fraction of sp³-hybridized carbons (Fsp3) is 0.333. The van der Waals surface area contributed by atoms with Crippen molar-refractivity contribution in [1.82, 2.24) is 20.4 Å². The number of aliphatic hydroxyl groups excluding tert-OH is 1. The molecule has 2 rings (SSSR count). The van der Waals surface area contributed by atoms with E-state index < -0.39 is 18.0 Å². The summed E-state index contributed by atoms with van der Waals surface area (Å²) in [6, 6.07) is 5.36. The molecule has 0 saturated heterocycles. The van der Waals surface area contributed by atoms with E-state index in [1.165, 1.54) is 12.1 Å². The number of carbonyl (C=O) groups excluding carboxylic acids is 1. The van der Waals surface area contributed by atoms with Crippen LogP contribution in [0.5, 0.6) is 0 Å². The van der Waals surface area contributed by atoms with Crippen molar-refractivity contribution in [3.63, 3.8) is 0 Å². The van der Waals surface area contributed by atoms with E-state index in [1.807, 2.05) is 0 Å². The van der Waals surface area contributed by atoms with Crippen molar-refractivity contribution in [3.8, 4) is 0 Å². The molecular weight excluding hydrogens is 287 g/mol. The van der Waals surface area contributed by atoms with Gasteiger partial charge in [-0.15, -0.1) is 0 Å². The number of hydrogen-bond acceptors (Lipinski definition) is 4. The van der Waals surface area contributed by atoms with Crippen molar-refractivity contribution in [3.05, 3.63) is 53.6 Å². The highest BCUT2D eigenvalue weighted by atomic mass is 19.1. The molecule has 0 radical (unpaired) electrons. The zero-order valence-electron chi connectivity index (χ0n) is 12.5. The van der Waals surface area contributed by atoms with Gasteiger partial charge in [-0.25, -0.2) is 4.39 Å². The third kappa shape index (κ3) is 3.69. The molecule has 22 heavy (non-hydrogen) atoms. The van der Waals surface area contributed by atoms with E-state index in [0.29, 0.717) is 5.56 Å². The number of carbonyl (C=O) groups is 1. The van der Waals surface area contributed by atoms with Crippen LogP contribution < -0.4 is 10.6 Å². The molecule has 1 aromatic carbocycles. The maximum atomic E-state index is 13.6.